The lowest BCUT2D eigenvalue weighted by Crippen LogP contribution is -2.33. The summed E-state index contributed by atoms with van der Waals surface area (Å²) in [6, 6.07) is 6.16. The van der Waals surface area contributed by atoms with E-state index in [1.807, 2.05) is 4.90 Å². The summed E-state index contributed by atoms with van der Waals surface area (Å²) in [5.41, 5.74) is -1.23. The van der Waals surface area contributed by atoms with E-state index in [2.05, 4.69) is 11.6 Å². The van der Waals surface area contributed by atoms with Crippen LogP contribution in [-0.2, 0) is 16.2 Å². The second-order valence-electron chi connectivity index (χ2n) is 7.68. The van der Waals surface area contributed by atoms with Gasteiger partial charge in [0.25, 0.3) is 10.0 Å². The molecule has 1 fully saturated rings. The van der Waals surface area contributed by atoms with Crippen LogP contribution in [0.4, 0.5) is 24.5 Å². The monoisotopic (exact) mass is 472 g/mol. The molecule has 0 aromatic heterocycles. The van der Waals surface area contributed by atoms with Crippen LogP contribution in [0.25, 0.3) is 0 Å². The van der Waals surface area contributed by atoms with Crippen LogP contribution < -0.4 is 14.4 Å². The van der Waals surface area contributed by atoms with Crippen LogP contribution in [0, 0.1) is 5.92 Å². The first kappa shape index (κ1) is 23.7. The van der Waals surface area contributed by atoms with Crippen molar-refractivity contribution < 1.29 is 36.2 Å². The van der Waals surface area contributed by atoms with Crippen molar-refractivity contribution >= 4 is 27.4 Å². The van der Waals surface area contributed by atoms with Gasteiger partial charge in [0.15, 0.2) is 0 Å². The van der Waals surface area contributed by atoms with Crippen LogP contribution in [0.3, 0.4) is 0 Å². The summed E-state index contributed by atoms with van der Waals surface area (Å²) < 4.78 is 73.5. The number of carboxylic acids is 1. The molecule has 0 saturated carbocycles. The summed E-state index contributed by atoms with van der Waals surface area (Å²) in [7, 11) is -3.27. The number of benzene rings is 2. The number of aromatic carboxylic acids is 1. The molecule has 0 amide bonds. The van der Waals surface area contributed by atoms with Gasteiger partial charge in [-0.2, -0.15) is 13.2 Å². The molecule has 11 heteroatoms. The molecule has 1 saturated heterocycles. The van der Waals surface area contributed by atoms with E-state index in [1.165, 1.54) is 25.3 Å². The van der Waals surface area contributed by atoms with Gasteiger partial charge in [-0.1, -0.05) is 6.92 Å². The van der Waals surface area contributed by atoms with Crippen LogP contribution in [-0.4, -0.2) is 39.7 Å². The molecular formula is C21H23F3N2O5S. The Morgan fingerprint density at radius 2 is 1.81 bits per heavy atom. The zero-order chi connectivity index (χ0) is 23.7. The van der Waals surface area contributed by atoms with Gasteiger partial charge in [-0.3, -0.25) is 4.72 Å². The molecule has 2 aromatic rings. The number of alkyl halides is 3. The second kappa shape index (κ2) is 8.89. The van der Waals surface area contributed by atoms with Gasteiger partial charge in [-0.05, 0) is 55.2 Å². The molecule has 0 spiro atoms. The molecule has 1 aliphatic heterocycles. The molecule has 0 atom stereocenters. The number of rotatable bonds is 6. The summed E-state index contributed by atoms with van der Waals surface area (Å²) in [6.07, 6.45) is -3.03. The molecule has 2 N–H and O–H groups in total. The van der Waals surface area contributed by atoms with Crippen LogP contribution >= 0.6 is 0 Å². The van der Waals surface area contributed by atoms with Crippen LogP contribution in [0.2, 0.25) is 0 Å². The number of ether oxygens (including phenoxy) is 1. The van der Waals surface area contributed by atoms with Crippen molar-refractivity contribution in [3.8, 4) is 5.75 Å². The number of piperidine rings is 1. The van der Waals surface area contributed by atoms with Crippen LogP contribution in [0.5, 0.6) is 5.75 Å². The third-order valence-corrected chi connectivity index (χ3v) is 6.78. The van der Waals surface area contributed by atoms with Gasteiger partial charge in [0, 0.05) is 13.1 Å². The van der Waals surface area contributed by atoms with E-state index in [0.29, 0.717) is 24.7 Å². The first-order valence-electron chi connectivity index (χ1n) is 9.82. The van der Waals surface area contributed by atoms with E-state index in [-0.39, 0.29) is 17.0 Å². The van der Waals surface area contributed by atoms with E-state index in [1.54, 1.807) is 0 Å². The minimum absolute atomic E-state index is 0.136. The number of halogens is 3. The normalized spacial score (nSPS) is 15.5. The Balaban J connectivity index is 2.08. The maximum atomic E-state index is 13.3. The first-order chi connectivity index (χ1) is 14.9. The molecule has 1 heterocycles. The fourth-order valence-corrected chi connectivity index (χ4v) is 4.80. The highest BCUT2D eigenvalue weighted by Gasteiger charge is 2.33. The van der Waals surface area contributed by atoms with E-state index >= 15 is 0 Å². The summed E-state index contributed by atoms with van der Waals surface area (Å²) >= 11 is 0. The summed E-state index contributed by atoms with van der Waals surface area (Å²) in [5.74, 6) is -1.03. The molecule has 7 nitrogen and oxygen atoms in total. The van der Waals surface area contributed by atoms with Crippen molar-refractivity contribution in [2.75, 3.05) is 29.8 Å². The van der Waals surface area contributed by atoms with Gasteiger partial charge in [-0.15, -0.1) is 0 Å². The molecule has 174 valence electrons. The second-order valence-corrected chi connectivity index (χ2v) is 9.33. The number of carbonyl (C=O) groups is 1. The maximum absolute atomic E-state index is 13.3. The van der Waals surface area contributed by atoms with Crippen LogP contribution in [0.1, 0.15) is 35.7 Å². The number of hydrogen-bond donors (Lipinski definition) is 2. The number of hydrogen-bond acceptors (Lipinski definition) is 5. The van der Waals surface area contributed by atoms with Gasteiger partial charge < -0.3 is 14.7 Å². The van der Waals surface area contributed by atoms with Crippen molar-refractivity contribution in [2.24, 2.45) is 5.92 Å². The van der Waals surface area contributed by atoms with E-state index < -0.39 is 32.6 Å². The Labute approximate surface area is 183 Å². The molecule has 0 radical (unpaired) electrons. The van der Waals surface area contributed by atoms with Gasteiger partial charge in [0.05, 0.1) is 29.6 Å². The van der Waals surface area contributed by atoms with Crippen LogP contribution in [0.15, 0.2) is 41.3 Å². The van der Waals surface area contributed by atoms with Crippen molar-refractivity contribution in [1.29, 1.82) is 0 Å². The largest absolute Gasteiger partial charge is 0.495 e. The number of methoxy groups -OCH3 is 1. The smallest absolute Gasteiger partial charge is 0.416 e. The predicted octanol–water partition coefficient (Wildman–Crippen LogP) is 4.45. The fourth-order valence-electron chi connectivity index (χ4n) is 3.54. The minimum Gasteiger partial charge on any atom is -0.495 e. The molecule has 32 heavy (non-hydrogen) atoms. The van der Waals surface area contributed by atoms with Gasteiger partial charge in [-0.25, -0.2) is 13.2 Å². The third-order valence-electron chi connectivity index (χ3n) is 5.39. The third kappa shape index (κ3) is 5.09. The highest BCUT2D eigenvalue weighted by atomic mass is 32.2. The zero-order valence-corrected chi connectivity index (χ0v) is 18.3. The molecule has 1 aliphatic rings. The Hall–Kier alpha value is -2.95. The molecule has 3 rings (SSSR count). The Morgan fingerprint density at radius 1 is 1.16 bits per heavy atom. The highest BCUT2D eigenvalue weighted by Crippen LogP contribution is 2.38. The quantitative estimate of drug-likeness (QED) is 0.645. The number of carboxylic acid groups (broad SMARTS) is 1. The van der Waals surface area contributed by atoms with E-state index in [9.17, 15) is 31.5 Å². The lowest BCUT2D eigenvalue weighted by Gasteiger charge is -2.33. The lowest BCUT2D eigenvalue weighted by atomic mass is 9.98. The maximum Gasteiger partial charge on any atom is 0.416 e. The van der Waals surface area contributed by atoms with Gasteiger partial charge in [0.2, 0.25) is 0 Å². The van der Waals surface area contributed by atoms with Gasteiger partial charge >= 0.3 is 12.1 Å². The van der Waals surface area contributed by atoms with Crippen molar-refractivity contribution in [3.63, 3.8) is 0 Å². The number of nitrogens with zero attached hydrogens (tertiary/aromatic N) is 1. The Kier molecular flexibility index (Phi) is 6.59. The predicted molar refractivity (Wildman–Crippen MR) is 113 cm³/mol. The Morgan fingerprint density at radius 3 is 2.38 bits per heavy atom. The highest BCUT2D eigenvalue weighted by molar-refractivity contribution is 7.92. The minimum atomic E-state index is -4.67. The average Bonchev–Trinajstić information content (AvgIpc) is 2.73. The Bertz CT molecular complexity index is 1110. The SMILES string of the molecule is COc1ccc(C(=O)O)cc1S(=O)(=O)Nc1cc(C(F)(F)F)ccc1N1CCC(C)CC1. The fraction of sp³-hybridized carbons (Fsp3) is 0.381. The number of anilines is 2. The average molecular weight is 472 g/mol. The molecule has 0 unspecified atom stereocenters. The molecule has 0 aliphatic carbocycles. The summed E-state index contributed by atoms with van der Waals surface area (Å²) in [4.78, 5) is 12.6. The van der Waals surface area contributed by atoms with Crippen molar-refractivity contribution in [3.05, 3.63) is 47.5 Å². The van der Waals surface area contributed by atoms with E-state index in [4.69, 9.17) is 4.74 Å². The van der Waals surface area contributed by atoms with Gasteiger partial charge in [0.1, 0.15) is 10.6 Å². The summed E-state index contributed by atoms with van der Waals surface area (Å²) in [5, 5.41) is 9.20. The van der Waals surface area contributed by atoms with Crippen molar-refractivity contribution in [2.45, 2.75) is 30.8 Å². The first-order valence-corrected chi connectivity index (χ1v) is 11.3. The molecular weight excluding hydrogens is 449 g/mol. The topological polar surface area (TPSA) is 95.9 Å². The number of sulfonamides is 1. The lowest BCUT2D eigenvalue weighted by molar-refractivity contribution is -0.137. The molecule has 2 aromatic carbocycles. The zero-order valence-electron chi connectivity index (χ0n) is 17.4. The standard InChI is InChI=1S/C21H23F3N2O5S/c1-13-7-9-26(10-8-13)17-5-4-15(21(22,23)24)12-16(17)25-32(29,30)19-11-14(20(27)28)3-6-18(19)31-2/h3-6,11-13,25H,7-10H2,1-2H3,(H,27,28). The summed E-state index contributed by atoms with van der Waals surface area (Å²) in [6.45, 7) is 3.22. The number of nitrogens with one attached hydrogen (secondary N) is 1. The molecule has 0 bridgehead atoms. The van der Waals surface area contributed by atoms with Crippen molar-refractivity contribution in [1.82, 2.24) is 0 Å². The van der Waals surface area contributed by atoms with E-state index in [0.717, 1.165) is 31.0 Å².